The molecule has 3 aromatic rings. The van der Waals surface area contributed by atoms with Crippen molar-refractivity contribution < 1.29 is 4.79 Å². The third-order valence-corrected chi connectivity index (χ3v) is 7.02. The van der Waals surface area contributed by atoms with E-state index in [1.54, 1.807) is 12.1 Å². The van der Waals surface area contributed by atoms with Gasteiger partial charge in [-0.3, -0.25) is 9.69 Å². The van der Waals surface area contributed by atoms with Crippen LogP contribution in [0.5, 0.6) is 0 Å². The number of aromatic nitrogens is 4. The molecule has 1 aromatic heterocycles. The van der Waals surface area contributed by atoms with Gasteiger partial charge in [-0.25, -0.2) is 0 Å². The van der Waals surface area contributed by atoms with Gasteiger partial charge in [0.15, 0.2) is 0 Å². The molecular formula is C26H30Cl2N6OS. The first kappa shape index (κ1) is 28.0. The van der Waals surface area contributed by atoms with Crippen LogP contribution >= 0.6 is 35.0 Å². The molecule has 0 aliphatic carbocycles. The lowest BCUT2D eigenvalue weighted by atomic mass is 9.87. The summed E-state index contributed by atoms with van der Waals surface area (Å²) < 4.78 is 1.53. The number of rotatable bonds is 8. The van der Waals surface area contributed by atoms with E-state index in [2.05, 4.69) is 72.2 Å². The van der Waals surface area contributed by atoms with Crippen molar-refractivity contribution in [3.63, 3.8) is 0 Å². The molecule has 36 heavy (non-hydrogen) atoms. The number of anilines is 1. The Morgan fingerprint density at radius 3 is 2.50 bits per heavy atom. The van der Waals surface area contributed by atoms with Gasteiger partial charge >= 0.3 is 0 Å². The van der Waals surface area contributed by atoms with Crippen molar-refractivity contribution in [1.82, 2.24) is 25.1 Å². The van der Waals surface area contributed by atoms with Gasteiger partial charge < -0.3 is 5.32 Å². The first-order chi connectivity index (χ1) is 17.1. The van der Waals surface area contributed by atoms with Crippen LogP contribution in [-0.2, 0) is 10.2 Å². The summed E-state index contributed by atoms with van der Waals surface area (Å²) in [6.07, 6.45) is 0. The highest BCUT2D eigenvalue weighted by Gasteiger charge is 2.18. The Bertz CT molecular complexity index is 1270. The fraction of sp³-hybridized carbons (Fsp3) is 0.385. The Balaban J connectivity index is 1.62. The van der Waals surface area contributed by atoms with Crippen LogP contribution in [0.25, 0.3) is 5.69 Å². The Morgan fingerprint density at radius 2 is 1.86 bits per heavy atom. The summed E-state index contributed by atoms with van der Waals surface area (Å²) >= 11 is 14.1. The van der Waals surface area contributed by atoms with E-state index in [1.165, 1.54) is 16.4 Å². The summed E-state index contributed by atoms with van der Waals surface area (Å²) in [5, 5.41) is 16.1. The molecule has 0 unspecified atom stereocenters. The summed E-state index contributed by atoms with van der Waals surface area (Å²) in [7, 11) is 0. The van der Waals surface area contributed by atoms with Crippen LogP contribution in [0.4, 0.5) is 5.69 Å². The van der Waals surface area contributed by atoms with Crippen LogP contribution in [0.15, 0.2) is 41.6 Å². The Kier molecular flexibility index (Phi) is 9.80. The number of tetrazole rings is 1. The quantitative estimate of drug-likeness (QED) is 0.290. The van der Waals surface area contributed by atoms with Gasteiger partial charge in [0.25, 0.3) is 0 Å². The number of nitrogens with zero attached hydrogens (tertiary/aromatic N) is 5. The van der Waals surface area contributed by atoms with Gasteiger partial charge in [0.1, 0.15) is 0 Å². The number of benzene rings is 2. The zero-order valence-corrected chi connectivity index (χ0v) is 23.4. The van der Waals surface area contributed by atoms with Crippen LogP contribution < -0.4 is 5.32 Å². The lowest BCUT2D eigenvalue weighted by Crippen LogP contribution is -2.22. The minimum atomic E-state index is -0.231. The molecule has 0 saturated heterocycles. The van der Waals surface area contributed by atoms with E-state index in [0.29, 0.717) is 33.1 Å². The summed E-state index contributed by atoms with van der Waals surface area (Å²) in [6.45, 7) is 13.2. The number of amides is 1. The first-order valence-electron chi connectivity index (χ1n) is 11.6. The summed E-state index contributed by atoms with van der Waals surface area (Å²) in [4.78, 5) is 14.8. The van der Waals surface area contributed by atoms with Crippen molar-refractivity contribution in [2.24, 2.45) is 0 Å². The van der Waals surface area contributed by atoms with Crippen molar-refractivity contribution in [2.45, 2.75) is 45.2 Å². The second kappa shape index (κ2) is 12.6. The van der Waals surface area contributed by atoms with Gasteiger partial charge in [-0.15, -0.1) is 5.10 Å². The maximum Gasteiger partial charge on any atom is 0.234 e. The molecule has 190 valence electrons. The third-order valence-electron chi connectivity index (χ3n) is 5.49. The van der Waals surface area contributed by atoms with Crippen LogP contribution in [-0.4, -0.2) is 56.4 Å². The van der Waals surface area contributed by atoms with Gasteiger partial charge in [-0.2, -0.15) is 4.68 Å². The first-order valence-corrected chi connectivity index (χ1v) is 13.4. The average Bonchev–Trinajstić information content (AvgIpc) is 3.30. The van der Waals surface area contributed by atoms with E-state index in [1.807, 2.05) is 24.3 Å². The van der Waals surface area contributed by atoms with Crippen LogP contribution in [0.2, 0.25) is 10.0 Å². The molecule has 0 aliphatic rings. The molecule has 10 heteroatoms. The lowest BCUT2D eigenvalue weighted by molar-refractivity contribution is -0.113. The van der Waals surface area contributed by atoms with Crippen molar-refractivity contribution in [2.75, 3.05) is 30.7 Å². The molecule has 1 amide bonds. The average molecular weight is 546 g/mol. The summed E-state index contributed by atoms with van der Waals surface area (Å²) in [5.41, 5.74) is 3.05. The minimum absolute atomic E-state index is 0.0319. The molecular weight excluding hydrogens is 515 g/mol. The molecule has 1 N–H and O–H groups in total. The molecule has 0 spiro atoms. The molecule has 0 saturated carbocycles. The Morgan fingerprint density at radius 1 is 1.11 bits per heavy atom. The van der Waals surface area contributed by atoms with Crippen molar-refractivity contribution >= 4 is 46.6 Å². The molecule has 0 radical (unpaired) electrons. The van der Waals surface area contributed by atoms with Gasteiger partial charge in [0.05, 0.1) is 33.7 Å². The summed E-state index contributed by atoms with van der Waals surface area (Å²) in [5.74, 6) is 6.14. The summed E-state index contributed by atoms with van der Waals surface area (Å²) in [6, 6.07) is 11.2. The van der Waals surface area contributed by atoms with E-state index in [9.17, 15) is 4.79 Å². The van der Waals surface area contributed by atoms with Crippen molar-refractivity contribution in [3.8, 4) is 17.5 Å². The number of nitrogens with one attached hydrogen (secondary N) is 1. The molecule has 7 nitrogen and oxygen atoms in total. The topological polar surface area (TPSA) is 75.9 Å². The number of carbonyl (C=O) groups excluding carboxylic acids is 1. The minimum Gasteiger partial charge on any atom is -0.324 e. The zero-order chi connectivity index (χ0) is 26.3. The predicted molar refractivity (Wildman–Crippen MR) is 148 cm³/mol. The fourth-order valence-corrected chi connectivity index (χ4v) is 4.45. The molecule has 0 bridgehead atoms. The third kappa shape index (κ3) is 7.47. The largest absolute Gasteiger partial charge is 0.324 e. The monoisotopic (exact) mass is 544 g/mol. The van der Waals surface area contributed by atoms with Crippen LogP contribution in [0.3, 0.4) is 0 Å². The second-order valence-electron chi connectivity index (χ2n) is 9.08. The normalized spacial score (nSPS) is 11.3. The molecule has 0 atom stereocenters. The second-order valence-corrected chi connectivity index (χ2v) is 10.8. The van der Waals surface area contributed by atoms with E-state index < -0.39 is 0 Å². The highest BCUT2D eigenvalue weighted by molar-refractivity contribution is 7.99. The number of carbonyl (C=O) groups is 1. The Labute approximate surface area is 226 Å². The SMILES string of the molecule is CCN(CC)CC#Cc1ccc(NC(=O)CSc2nnnn2-c2ccc(C(C)(C)C)cc2Cl)c(Cl)c1. The molecule has 0 aliphatic heterocycles. The predicted octanol–water partition coefficient (Wildman–Crippen LogP) is 5.69. The van der Waals surface area contributed by atoms with Gasteiger partial charge in [0.2, 0.25) is 11.1 Å². The highest BCUT2D eigenvalue weighted by atomic mass is 35.5. The van der Waals surface area contributed by atoms with Gasteiger partial charge in [0, 0.05) is 5.56 Å². The van der Waals surface area contributed by atoms with Crippen molar-refractivity contribution in [1.29, 1.82) is 0 Å². The van der Waals surface area contributed by atoms with Gasteiger partial charge in [-0.1, -0.05) is 87.5 Å². The molecule has 2 aromatic carbocycles. The molecule has 3 rings (SSSR count). The van der Waals surface area contributed by atoms with E-state index >= 15 is 0 Å². The van der Waals surface area contributed by atoms with Gasteiger partial charge in [-0.05, 0) is 64.8 Å². The van der Waals surface area contributed by atoms with Crippen LogP contribution in [0, 0.1) is 11.8 Å². The number of thioether (sulfide) groups is 1. The number of hydrogen-bond donors (Lipinski definition) is 1. The van der Waals surface area contributed by atoms with Crippen molar-refractivity contribution in [3.05, 3.63) is 57.6 Å². The van der Waals surface area contributed by atoms with E-state index in [0.717, 1.165) is 24.2 Å². The highest BCUT2D eigenvalue weighted by Crippen LogP contribution is 2.30. The van der Waals surface area contributed by atoms with E-state index in [-0.39, 0.29) is 17.1 Å². The molecule has 1 heterocycles. The standard InChI is InChI=1S/C26H30Cl2N6OS/c1-6-33(7-2)14-8-9-18-10-12-22(20(27)15-18)29-24(35)17-36-25-30-31-32-34(25)23-13-11-19(16-21(23)28)26(3,4)5/h10-13,15-16H,6-7,14,17H2,1-5H3,(H,29,35). The fourth-order valence-electron chi connectivity index (χ4n) is 3.28. The smallest absolute Gasteiger partial charge is 0.234 e. The molecule has 0 fully saturated rings. The maximum atomic E-state index is 12.6. The number of halogens is 2. The maximum absolute atomic E-state index is 12.6. The lowest BCUT2D eigenvalue weighted by Gasteiger charge is -2.20. The van der Waals surface area contributed by atoms with Crippen LogP contribution in [0.1, 0.15) is 45.7 Å². The Hall–Kier alpha value is -2.57. The number of hydrogen-bond acceptors (Lipinski definition) is 6. The van der Waals surface area contributed by atoms with E-state index in [4.69, 9.17) is 23.2 Å². The zero-order valence-electron chi connectivity index (χ0n) is 21.1.